The van der Waals surface area contributed by atoms with Crippen LogP contribution in [0.4, 0.5) is 0 Å². The van der Waals surface area contributed by atoms with E-state index >= 15 is 0 Å². The maximum atomic E-state index is 11.5. The average Bonchev–Trinajstić information content (AvgIpc) is 2.18. The number of hydrogen-bond acceptors (Lipinski definition) is 3. The molecule has 0 unspecified atom stereocenters. The van der Waals surface area contributed by atoms with Gasteiger partial charge in [-0.25, -0.2) is 13.6 Å². The Hall–Kier alpha value is -0.590. The molecule has 18 heavy (non-hydrogen) atoms. The van der Waals surface area contributed by atoms with Gasteiger partial charge < -0.3 is 4.74 Å². The lowest BCUT2D eigenvalue weighted by atomic mass is 10.1. The van der Waals surface area contributed by atoms with E-state index in [-0.39, 0.29) is 4.90 Å². The zero-order valence-electron chi connectivity index (χ0n) is 10.7. The molecule has 0 atom stereocenters. The molecule has 1 aromatic carbocycles. The van der Waals surface area contributed by atoms with E-state index in [1.54, 1.807) is 13.0 Å². The van der Waals surface area contributed by atoms with Crippen molar-refractivity contribution in [1.29, 1.82) is 0 Å². The first-order valence-electron chi connectivity index (χ1n) is 5.67. The zero-order chi connectivity index (χ0) is 13.9. The minimum absolute atomic E-state index is 0.0260. The van der Waals surface area contributed by atoms with Gasteiger partial charge in [-0.15, -0.1) is 0 Å². The van der Waals surface area contributed by atoms with Crippen molar-refractivity contribution in [2.45, 2.75) is 32.1 Å². The predicted molar refractivity (Wildman–Crippen MR) is 75.2 cm³/mol. The lowest BCUT2D eigenvalue weighted by Gasteiger charge is -2.14. The minimum atomic E-state index is -3.78. The molecule has 1 aromatic rings. The topological polar surface area (TPSA) is 69.4 Å². The molecule has 0 aliphatic rings. The third-order valence-corrected chi connectivity index (χ3v) is 3.83. The number of benzene rings is 1. The summed E-state index contributed by atoms with van der Waals surface area (Å²) in [6.07, 6.45) is 0.861. The van der Waals surface area contributed by atoms with Crippen LogP contribution in [0.3, 0.4) is 0 Å². The molecule has 0 aliphatic carbocycles. The SMILES string of the molecule is Cc1cc(Br)cc(S(N)(=O)=O)c1OCCC(C)C. The summed E-state index contributed by atoms with van der Waals surface area (Å²) in [7, 11) is -3.78. The number of nitrogens with two attached hydrogens (primary N) is 1. The maximum absolute atomic E-state index is 11.5. The average molecular weight is 336 g/mol. The van der Waals surface area contributed by atoms with Crippen molar-refractivity contribution in [3.8, 4) is 5.75 Å². The van der Waals surface area contributed by atoms with Crippen LogP contribution in [0.15, 0.2) is 21.5 Å². The highest BCUT2D eigenvalue weighted by Crippen LogP contribution is 2.31. The van der Waals surface area contributed by atoms with E-state index in [0.29, 0.717) is 22.7 Å². The summed E-state index contributed by atoms with van der Waals surface area (Å²) in [5.41, 5.74) is 0.747. The summed E-state index contributed by atoms with van der Waals surface area (Å²) in [6, 6.07) is 3.27. The molecule has 0 saturated heterocycles. The summed E-state index contributed by atoms with van der Waals surface area (Å²) in [6.45, 7) is 6.43. The summed E-state index contributed by atoms with van der Waals surface area (Å²) in [5, 5.41) is 5.20. The van der Waals surface area contributed by atoms with E-state index in [1.165, 1.54) is 6.07 Å². The number of ether oxygens (including phenoxy) is 1. The van der Waals surface area contributed by atoms with Gasteiger partial charge in [-0.05, 0) is 37.0 Å². The number of sulfonamides is 1. The molecule has 0 heterocycles. The van der Waals surface area contributed by atoms with Gasteiger partial charge in [0.1, 0.15) is 10.6 Å². The molecule has 6 heteroatoms. The molecular formula is C12H18BrNO3S. The quantitative estimate of drug-likeness (QED) is 0.899. The van der Waals surface area contributed by atoms with E-state index in [4.69, 9.17) is 9.88 Å². The molecule has 2 N–H and O–H groups in total. The monoisotopic (exact) mass is 335 g/mol. The fraction of sp³-hybridized carbons (Fsp3) is 0.500. The number of aryl methyl sites for hydroxylation is 1. The van der Waals surface area contributed by atoms with Gasteiger partial charge in [0, 0.05) is 4.47 Å². The Kier molecular flexibility index (Phi) is 5.19. The number of halogens is 1. The van der Waals surface area contributed by atoms with Crippen molar-refractivity contribution >= 4 is 26.0 Å². The van der Waals surface area contributed by atoms with Crippen LogP contribution in [0, 0.1) is 12.8 Å². The zero-order valence-corrected chi connectivity index (χ0v) is 13.1. The molecule has 102 valence electrons. The normalized spacial score (nSPS) is 11.9. The van der Waals surface area contributed by atoms with Crippen molar-refractivity contribution < 1.29 is 13.2 Å². The fourth-order valence-electron chi connectivity index (χ4n) is 1.49. The molecular weight excluding hydrogens is 318 g/mol. The molecule has 0 aliphatic heterocycles. The molecule has 0 spiro atoms. The van der Waals surface area contributed by atoms with Crippen molar-refractivity contribution in [3.63, 3.8) is 0 Å². The second kappa shape index (κ2) is 6.04. The molecule has 0 amide bonds. The molecule has 0 fully saturated rings. The Balaban J connectivity index is 3.09. The smallest absolute Gasteiger partial charge is 0.241 e. The van der Waals surface area contributed by atoms with Crippen LogP contribution in [-0.4, -0.2) is 15.0 Å². The fourth-order valence-corrected chi connectivity index (χ4v) is 2.99. The number of hydrogen-bond donors (Lipinski definition) is 1. The van der Waals surface area contributed by atoms with Gasteiger partial charge >= 0.3 is 0 Å². The highest BCUT2D eigenvalue weighted by Gasteiger charge is 2.18. The summed E-state index contributed by atoms with van der Waals surface area (Å²) >= 11 is 3.26. The van der Waals surface area contributed by atoms with Gasteiger partial charge in [-0.1, -0.05) is 29.8 Å². The Morgan fingerprint density at radius 1 is 1.39 bits per heavy atom. The first kappa shape index (κ1) is 15.5. The van der Waals surface area contributed by atoms with Crippen molar-refractivity contribution in [2.75, 3.05) is 6.61 Å². The van der Waals surface area contributed by atoms with Crippen LogP contribution in [-0.2, 0) is 10.0 Å². The highest BCUT2D eigenvalue weighted by atomic mass is 79.9. The molecule has 1 rings (SSSR count). The Bertz CT molecular complexity index is 526. The van der Waals surface area contributed by atoms with E-state index in [9.17, 15) is 8.42 Å². The van der Waals surface area contributed by atoms with E-state index in [0.717, 1.165) is 12.0 Å². The summed E-state index contributed by atoms with van der Waals surface area (Å²) in [5.74, 6) is 0.847. The van der Waals surface area contributed by atoms with Crippen molar-refractivity contribution in [1.82, 2.24) is 0 Å². The lowest BCUT2D eigenvalue weighted by molar-refractivity contribution is 0.281. The third-order valence-electron chi connectivity index (χ3n) is 2.45. The van der Waals surface area contributed by atoms with Gasteiger partial charge in [0.25, 0.3) is 0 Å². The third kappa shape index (κ3) is 4.26. The van der Waals surface area contributed by atoms with Crippen LogP contribution in [0.1, 0.15) is 25.8 Å². The summed E-state index contributed by atoms with van der Waals surface area (Å²) in [4.78, 5) is 0.0260. The van der Waals surface area contributed by atoms with Crippen molar-refractivity contribution in [3.05, 3.63) is 22.2 Å². The second-order valence-corrected chi connectivity index (χ2v) is 7.07. The number of primary sulfonamides is 1. The minimum Gasteiger partial charge on any atom is -0.492 e. The maximum Gasteiger partial charge on any atom is 0.241 e. The van der Waals surface area contributed by atoms with Crippen LogP contribution < -0.4 is 9.88 Å². The summed E-state index contributed by atoms with van der Waals surface area (Å²) < 4.78 is 29.3. The van der Waals surface area contributed by atoms with Gasteiger partial charge in [0.05, 0.1) is 6.61 Å². The highest BCUT2D eigenvalue weighted by molar-refractivity contribution is 9.10. The lowest BCUT2D eigenvalue weighted by Crippen LogP contribution is -2.15. The first-order chi connectivity index (χ1) is 8.21. The Labute approximate surface area is 117 Å². The Morgan fingerprint density at radius 2 is 2.00 bits per heavy atom. The standard InChI is InChI=1S/C12H18BrNO3S/c1-8(2)4-5-17-12-9(3)6-10(13)7-11(12)18(14,15)16/h6-8H,4-5H2,1-3H3,(H2,14,15,16). The molecule has 0 bridgehead atoms. The second-order valence-electron chi connectivity index (χ2n) is 4.63. The number of rotatable bonds is 5. The molecule has 0 radical (unpaired) electrons. The molecule has 4 nitrogen and oxygen atoms in total. The largest absolute Gasteiger partial charge is 0.492 e. The molecule has 0 saturated carbocycles. The van der Waals surface area contributed by atoms with Crippen LogP contribution in [0.25, 0.3) is 0 Å². The van der Waals surface area contributed by atoms with Gasteiger partial charge in [0.2, 0.25) is 10.0 Å². The van der Waals surface area contributed by atoms with Crippen molar-refractivity contribution in [2.24, 2.45) is 11.1 Å². The van der Waals surface area contributed by atoms with E-state index in [1.807, 2.05) is 0 Å². The molecule has 0 aromatic heterocycles. The van der Waals surface area contributed by atoms with Crippen LogP contribution >= 0.6 is 15.9 Å². The van der Waals surface area contributed by atoms with Crippen LogP contribution in [0.2, 0.25) is 0 Å². The van der Waals surface area contributed by atoms with E-state index < -0.39 is 10.0 Å². The van der Waals surface area contributed by atoms with Crippen LogP contribution in [0.5, 0.6) is 5.75 Å². The first-order valence-corrected chi connectivity index (χ1v) is 8.01. The Morgan fingerprint density at radius 3 is 2.50 bits per heavy atom. The predicted octanol–water partition coefficient (Wildman–Crippen LogP) is 2.83. The van der Waals surface area contributed by atoms with Gasteiger partial charge in [-0.3, -0.25) is 0 Å². The van der Waals surface area contributed by atoms with Gasteiger partial charge in [-0.2, -0.15) is 0 Å². The van der Waals surface area contributed by atoms with Gasteiger partial charge in [0.15, 0.2) is 0 Å². The van der Waals surface area contributed by atoms with E-state index in [2.05, 4.69) is 29.8 Å².